The highest BCUT2D eigenvalue weighted by atomic mass is 79.9. The van der Waals surface area contributed by atoms with Crippen molar-refractivity contribution in [3.05, 3.63) is 95.1 Å². The van der Waals surface area contributed by atoms with Crippen LogP contribution in [0.3, 0.4) is 0 Å². The number of rotatable bonds is 13. The molecule has 248 valence electrons. The van der Waals surface area contributed by atoms with Gasteiger partial charge in [0.2, 0.25) is 17.7 Å². The van der Waals surface area contributed by atoms with Gasteiger partial charge in [0.25, 0.3) is 11.8 Å². The first kappa shape index (κ1) is 34.3. The van der Waals surface area contributed by atoms with Crippen LogP contribution >= 0.6 is 15.9 Å². The molecule has 3 atom stereocenters. The second-order valence-corrected chi connectivity index (χ2v) is 13.3. The number of fused-ring (bicyclic) bond motifs is 1. The van der Waals surface area contributed by atoms with E-state index in [1.165, 1.54) is 4.90 Å². The van der Waals surface area contributed by atoms with Crippen LogP contribution in [0.1, 0.15) is 43.2 Å². The van der Waals surface area contributed by atoms with Crippen molar-refractivity contribution >= 4 is 45.5 Å². The van der Waals surface area contributed by atoms with Gasteiger partial charge in [0.1, 0.15) is 12.1 Å². The predicted molar refractivity (Wildman–Crippen MR) is 182 cm³/mol. The third kappa shape index (κ3) is 8.44. The Labute approximate surface area is 284 Å². The minimum Gasteiger partial charge on any atom is -0.357 e. The maximum atomic E-state index is 14.1. The van der Waals surface area contributed by atoms with Crippen molar-refractivity contribution in [3.8, 4) is 0 Å². The van der Waals surface area contributed by atoms with Crippen LogP contribution in [0.4, 0.5) is 0 Å². The van der Waals surface area contributed by atoms with E-state index < -0.39 is 16.9 Å². The third-order valence-corrected chi connectivity index (χ3v) is 9.79. The van der Waals surface area contributed by atoms with Crippen molar-refractivity contribution in [2.24, 2.45) is 0 Å². The van der Waals surface area contributed by atoms with Crippen molar-refractivity contribution in [1.82, 2.24) is 25.3 Å². The van der Waals surface area contributed by atoms with Crippen LogP contribution in [-0.2, 0) is 36.9 Å². The molecule has 2 saturated heterocycles. The molecule has 2 heterocycles. The van der Waals surface area contributed by atoms with Gasteiger partial charge >= 0.3 is 0 Å². The summed E-state index contributed by atoms with van der Waals surface area (Å²) in [7, 11) is 1.57. The number of nitrogens with one attached hydrogen (secondary N) is 2. The van der Waals surface area contributed by atoms with E-state index in [9.17, 15) is 24.0 Å². The van der Waals surface area contributed by atoms with Crippen LogP contribution in [0.2, 0.25) is 0 Å². The van der Waals surface area contributed by atoms with Gasteiger partial charge < -0.3 is 15.5 Å². The average molecular weight is 705 g/mol. The lowest BCUT2D eigenvalue weighted by Gasteiger charge is -2.31. The number of hydrogen-bond acceptors (Lipinski definition) is 6. The maximum absolute atomic E-state index is 14.1. The van der Waals surface area contributed by atoms with Gasteiger partial charge in [-0.3, -0.25) is 33.8 Å². The van der Waals surface area contributed by atoms with Gasteiger partial charge in [-0.05, 0) is 36.8 Å². The number of hydrogen-bond donors (Lipinski definition) is 2. The molecule has 3 unspecified atom stereocenters. The fourth-order valence-electron chi connectivity index (χ4n) is 6.39. The number of nitrogens with zero attached hydrogens (tertiary/aromatic N) is 3. The van der Waals surface area contributed by atoms with Crippen molar-refractivity contribution in [2.75, 3.05) is 33.2 Å². The number of likely N-dealkylation sites (tertiary alicyclic amines) is 1. The van der Waals surface area contributed by atoms with Crippen LogP contribution in [0, 0.1) is 0 Å². The molecule has 0 bridgehead atoms. The molecule has 0 saturated carbocycles. The number of amides is 5. The average Bonchev–Trinajstić information content (AvgIpc) is 3.23. The van der Waals surface area contributed by atoms with Crippen LogP contribution in [0.5, 0.6) is 0 Å². The van der Waals surface area contributed by atoms with Crippen LogP contribution in [0.25, 0.3) is 0 Å². The molecule has 10 nitrogen and oxygen atoms in total. The van der Waals surface area contributed by atoms with E-state index in [1.54, 1.807) is 11.9 Å². The molecular formula is C36H42BrN5O5. The molecule has 1 aliphatic carbocycles. The molecule has 5 rings (SSSR count). The molecule has 11 heteroatoms. The molecule has 2 N–H and O–H groups in total. The summed E-state index contributed by atoms with van der Waals surface area (Å²) in [4.78, 5) is 70.6. The van der Waals surface area contributed by atoms with Gasteiger partial charge in [0.05, 0.1) is 4.83 Å². The first-order valence-electron chi connectivity index (χ1n) is 16.3. The Bertz CT molecular complexity index is 1500. The van der Waals surface area contributed by atoms with E-state index in [0.29, 0.717) is 69.6 Å². The zero-order valence-corrected chi connectivity index (χ0v) is 28.3. The number of carbonyl (C=O) groups is 5. The molecular weight excluding hydrogens is 662 g/mol. The fraction of sp³-hybridized carbons (Fsp3) is 0.417. The van der Waals surface area contributed by atoms with Gasteiger partial charge in [-0.25, -0.2) is 0 Å². The lowest BCUT2D eigenvalue weighted by molar-refractivity contribution is -0.142. The highest BCUT2D eigenvalue weighted by molar-refractivity contribution is 9.10. The number of allylic oxidation sites excluding steroid dienone is 2. The van der Waals surface area contributed by atoms with Crippen molar-refractivity contribution in [3.63, 3.8) is 0 Å². The quantitative estimate of drug-likeness (QED) is 0.188. The van der Waals surface area contributed by atoms with Crippen molar-refractivity contribution in [1.29, 1.82) is 0 Å². The summed E-state index contributed by atoms with van der Waals surface area (Å²) in [5.41, 5.74) is 3.03. The number of unbranched alkanes of at least 4 members (excludes halogenated alkanes) is 1. The third-order valence-electron chi connectivity index (χ3n) is 8.92. The Morgan fingerprint density at radius 2 is 1.47 bits per heavy atom. The minimum atomic E-state index is -0.860. The first-order chi connectivity index (χ1) is 22.8. The largest absolute Gasteiger partial charge is 0.357 e. The van der Waals surface area contributed by atoms with Gasteiger partial charge in [0, 0.05) is 57.3 Å². The molecule has 5 amide bonds. The Hall–Kier alpha value is -4.09. The zero-order chi connectivity index (χ0) is 33.3. The highest BCUT2D eigenvalue weighted by Crippen LogP contribution is 2.30. The van der Waals surface area contributed by atoms with Crippen LogP contribution < -0.4 is 10.6 Å². The number of benzene rings is 2. The van der Waals surface area contributed by atoms with Crippen LogP contribution in [0.15, 0.2) is 84.0 Å². The molecule has 47 heavy (non-hydrogen) atoms. The van der Waals surface area contributed by atoms with E-state index in [2.05, 4.69) is 31.5 Å². The SMILES string of the molecule is CNC(=O)C(Cc1ccccc1)N1CCN(Cc2ccccc2)CC(NC(=O)C(Br)CCCCN2C(=O)C3=CCCC=C3C2=O)C1=O. The molecule has 2 aromatic carbocycles. The van der Waals surface area contributed by atoms with E-state index in [4.69, 9.17) is 0 Å². The first-order valence-corrected chi connectivity index (χ1v) is 17.2. The summed E-state index contributed by atoms with van der Waals surface area (Å²) >= 11 is 3.51. The monoisotopic (exact) mass is 703 g/mol. The predicted octanol–water partition coefficient (Wildman–Crippen LogP) is 3.12. The topological polar surface area (TPSA) is 119 Å². The van der Waals surface area contributed by atoms with Crippen LogP contribution in [-0.4, -0.2) is 94.4 Å². The second-order valence-electron chi connectivity index (χ2n) is 12.2. The Morgan fingerprint density at radius 1 is 0.851 bits per heavy atom. The van der Waals surface area contributed by atoms with Crippen molar-refractivity contribution in [2.45, 2.75) is 62.0 Å². The Kier molecular flexibility index (Phi) is 11.8. The van der Waals surface area contributed by atoms with E-state index >= 15 is 0 Å². The lowest BCUT2D eigenvalue weighted by atomic mass is 10.0. The van der Waals surface area contributed by atoms with E-state index in [0.717, 1.165) is 24.0 Å². The van der Waals surface area contributed by atoms with E-state index in [-0.39, 0.29) is 29.5 Å². The normalized spacial score (nSPS) is 19.8. The molecule has 2 aromatic rings. The molecule has 2 aliphatic heterocycles. The smallest absolute Gasteiger partial charge is 0.261 e. The minimum absolute atomic E-state index is 0.243. The standard InChI is InChI=1S/C36H42BrN5O5/c1-38-33(44)31(22-25-12-4-2-5-13-25)41-21-20-40(23-26-14-6-3-7-15-26)24-30(36(41)47)39-32(43)29(37)18-10-11-19-42-34(45)27-16-8-9-17-28(27)35(42)46/h2-7,12-17,29-31H,8-11,18-24H2,1H3,(H,38,44)(H,39,43). The highest BCUT2D eigenvalue weighted by Gasteiger charge is 2.40. The van der Waals surface area contributed by atoms with Gasteiger partial charge in [-0.1, -0.05) is 95.2 Å². The summed E-state index contributed by atoms with van der Waals surface area (Å²) < 4.78 is 0. The molecule has 0 spiro atoms. The van der Waals surface area contributed by atoms with Gasteiger partial charge in [0.15, 0.2) is 0 Å². The molecule has 2 fully saturated rings. The molecule has 3 aliphatic rings. The lowest BCUT2D eigenvalue weighted by Crippen LogP contribution is -2.57. The maximum Gasteiger partial charge on any atom is 0.261 e. The van der Waals surface area contributed by atoms with Crippen molar-refractivity contribution < 1.29 is 24.0 Å². The number of carbonyl (C=O) groups excluding carboxylic acids is 5. The summed E-state index contributed by atoms with van der Waals surface area (Å²) in [5.74, 6) is -1.36. The molecule has 0 aromatic heterocycles. The number of imide groups is 1. The zero-order valence-electron chi connectivity index (χ0n) is 26.7. The fourth-order valence-corrected chi connectivity index (χ4v) is 6.85. The summed E-state index contributed by atoms with van der Waals surface area (Å²) in [5, 5.41) is 5.70. The molecule has 0 radical (unpaired) electrons. The second kappa shape index (κ2) is 16.1. The number of halogens is 1. The number of likely N-dealkylation sites (N-methyl/N-ethyl adjacent to an activating group) is 1. The van der Waals surface area contributed by atoms with E-state index in [1.807, 2.05) is 72.8 Å². The summed E-state index contributed by atoms with van der Waals surface area (Å²) in [6, 6.07) is 17.9. The number of alkyl halides is 1. The summed E-state index contributed by atoms with van der Waals surface area (Å²) in [6.07, 6.45) is 7.16. The Balaban J connectivity index is 1.24. The van der Waals surface area contributed by atoms with Gasteiger partial charge in [-0.2, -0.15) is 0 Å². The van der Waals surface area contributed by atoms with Gasteiger partial charge in [-0.15, -0.1) is 0 Å². The summed E-state index contributed by atoms with van der Waals surface area (Å²) in [6.45, 7) is 2.06. The Morgan fingerprint density at radius 3 is 2.09 bits per heavy atom.